The highest BCUT2D eigenvalue weighted by molar-refractivity contribution is 5.95. The Labute approximate surface area is 69.2 Å². The van der Waals surface area contributed by atoms with E-state index < -0.39 is 17.6 Å². The third-order valence-corrected chi connectivity index (χ3v) is 1.76. The number of ether oxygens (including phenoxy) is 1. The van der Waals surface area contributed by atoms with Crippen molar-refractivity contribution in [1.82, 2.24) is 0 Å². The molecule has 1 aliphatic heterocycles. The minimum Gasteiger partial charge on any atom is -0.491 e. The van der Waals surface area contributed by atoms with Crippen LogP contribution in [0.4, 0.5) is 8.78 Å². The zero-order valence-corrected chi connectivity index (χ0v) is 6.93. The Morgan fingerprint density at radius 2 is 2.17 bits per heavy atom. The van der Waals surface area contributed by atoms with Crippen molar-refractivity contribution < 1.29 is 18.3 Å². The van der Waals surface area contributed by atoms with Crippen LogP contribution < -0.4 is 0 Å². The van der Waals surface area contributed by atoms with Gasteiger partial charge in [0.1, 0.15) is 6.61 Å². The van der Waals surface area contributed by atoms with E-state index in [0.717, 1.165) is 6.08 Å². The van der Waals surface area contributed by atoms with E-state index in [0.29, 0.717) is 0 Å². The quantitative estimate of drug-likeness (QED) is 0.608. The average molecular weight is 176 g/mol. The van der Waals surface area contributed by atoms with Gasteiger partial charge in [0, 0.05) is 6.08 Å². The van der Waals surface area contributed by atoms with Crippen LogP contribution in [-0.4, -0.2) is 18.8 Å². The van der Waals surface area contributed by atoms with Crippen molar-refractivity contribution in [3.8, 4) is 0 Å². The number of halogens is 2. The zero-order valence-electron chi connectivity index (χ0n) is 6.93. The van der Waals surface area contributed by atoms with Crippen LogP contribution in [0.5, 0.6) is 0 Å². The molecule has 0 N–H and O–H groups in total. The lowest BCUT2D eigenvalue weighted by atomic mass is 9.87. The molecule has 0 amide bonds. The summed E-state index contributed by atoms with van der Waals surface area (Å²) >= 11 is 0. The summed E-state index contributed by atoms with van der Waals surface area (Å²) in [5.74, 6) is -0.816. The standard InChI is InChI=1S/C8H10F2O2/c1-8(2)4-12-5(7(9)10)3-6(8)11/h3,7H,4H2,1-2H3. The van der Waals surface area contributed by atoms with Gasteiger partial charge < -0.3 is 4.74 Å². The van der Waals surface area contributed by atoms with Crippen molar-refractivity contribution in [2.75, 3.05) is 6.61 Å². The molecule has 1 rings (SSSR count). The molecule has 4 heteroatoms. The van der Waals surface area contributed by atoms with E-state index in [1.807, 2.05) is 0 Å². The molecule has 0 radical (unpaired) electrons. The molecule has 1 heterocycles. The Kier molecular flexibility index (Phi) is 2.17. The summed E-state index contributed by atoms with van der Waals surface area (Å²) in [7, 11) is 0. The van der Waals surface area contributed by atoms with Crippen molar-refractivity contribution in [3.05, 3.63) is 11.8 Å². The van der Waals surface area contributed by atoms with Crippen LogP contribution in [0.25, 0.3) is 0 Å². The topological polar surface area (TPSA) is 26.3 Å². The van der Waals surface area contributed by atoms with Gasteiger partial charge in [-0.3, -0.25) is 4.79 Å². The summed E-state index contributed by atoms with van der Waals surface area (Å²) in [5.41, 5.74) is -0.668. The Balaban J connectivity index is 2.82. The zero-order chi connectivity index (χ0) is 9.35. The van der Waals surface area contributed by atoms with Crippen molar-refractivity contribution in [3.63, 3.8) is 0 Å². The van der Waals surface area contributed by atoms with E-state index >= 15 is 0 Å². The monoisotopic (exact) mass is 176 g/mol. The van der Waals surface area contributed by atoms with Crippen molar-refractivity contribution in [1.29, 1.82) is 0 Å². The molecule has 0 aromatic heterocycles. The first-order valence-electron chi connectivity index (χ1n) is 3.60. The van der Waals surface area contributed by atoms with Gasteiger partial charge in [0.05, 0.1) is 5.41 Å². The van der Waals surface area contributed by atoms with Gasteiger partial charge in [-0.15, -0.1) is 0 Å². The van der Waals surface area contributed by atoms with Gasteiger partial charge in [-0.2, -0.15) is 0 Å². The third kappa shape index (κ3) is 1.62. The molecule has 0 fully saturated rings. The normalized spacial score (nSPS) is 22.1. The largest absolute Gasteiger partial charge is 0.491 e. The SMILES string of the molecule is CC1(C)COC(C(F)F)=CC1=O. The van der Waals surface area contributed by atoms with E-state index in [-0.39, 0.29) is 12.4 Å². The Hall–Kier alpha value is -0.930. The summed E-state index contributed by atoms with van der Waals surface area (Å²) in [5, 5.41) is 0. The molecular formula is C8H10F2O2. The van der Waals surface area contributed by atoms with Gasteiger partial charge in [-0.1, -0.05) is 0 Å². The van der Waals surface area contributed by atoms with Crippen molar-refractivity contribution in [2.24, 2.45) is 5.41 Å². The molecule has 0 atom stereocenters. The second-order valence-corrected chi connectivity index (χ2v) is 3.38. The highest BCUT2D eigenvalue weighted by Gasteiger charge is 2.33. The number of alkyl halides is 2. The molecule has 2 nitrogen and oxygen atoms in total. The first-order valence-corrected chi connectivity index (χ1v) is 3.60. The number of hydrogen-bond donors (Lipinski definition) is 0. The molecule has 0 unspecified atom stereocenters. The Morgan fingerprint density at radius 3 is 2.58 bits per heavy atom. The second kappa shape index (κ2) is 2.84. The maximum atomic E-state index is 12.0. The smallest absolute Gasteiger partial charge is 0.294 e. The molecule has 12 heavy (non-hydrogen) atoms. The van der Waals surface area contributed by atoms with Crippen LogP contribution in [0.3, 0.4) is 0 Å². The number of carbonyl (C=O) groups is 1. The van der Waals surface area contributed by atoms with E-state index in [9.17, 15) is 13.6 Å². The second-order valence-electron chi connectivity index (χ2n) is 3.38. The first kappa shape index (κ1) is 9.16. The number of allylic oxidation sites excluding steroid dienone is 2. The van der Waals surface area contributed by atoms with Gasteiger partial charge in [0.15, 0.2) is 11.5 Å². The molecular weight excluding hydrogens is 166 g/mol. The van der Waals surface area contributed by atoms with Gasteiger partial charge in [-0.25, -0.2) is 8.78 Å². The Bertz CT molecular complexity index is 231. The lowest BCUT2D eigenvalue weighted by Crippen LogP contribution is -2.33. The van der Waals surface area contributed by atoms with E-state index in [1.54, 1.807) is 13.8 Å². The van der Waals surface area contributed by atoms with Crippen LogP contribution in [0.1, 0.15) is 13.8 Å². The van der Waals surface area contributed by atoms with Crippen LogP contribution in [0, 0.1) is 5.41 Å². The molecule has 0 aromatic carbocycles. The fourth-order valence-corrected chi connectivity index (χ4v) is 0.827. The lowest BCUT2D eigenvalue weighted by molar-refractivity contribution is -0.127. The molecule has 0 bridgehead atoms. The summed E-state index contributed by atoms with van der Waals surface area (Å²) in [6.45, 7) is 3.35. The number of carbonyl (C=O) groups excluding carboxylic acids is 1. The summed E-state index contributed by atoms with van der Waals surface area (Å²) in [4.78, 5) is 11.1. The molecule has 0 saturated carbocycles. The predicted octanol–water partition coefficient (Wildman–Crippen LogP) is 1.76. The highest BCUT2D eigenvalue weighted by atomic mass is 19.3. The fraction of sp³-hybridized carbons (Fsp3) is 0.625. The molecule has 0 spiro atoms. The van der Waals surface area contributed by atoms with Gasteiger partial charge in [0.25, 0.3) is 6.43 Å². The third-order valence-electron chi connectivity index (χ3n) is 1.76. The Morgan fingerprint density at radius 1 is 1.58 bits per heavy atom. The van der Waals surface area contributed by atoms with Crippen LogP contribution >= 0.6 is 0 Å². The van der Waals surface area contributed by atoms with Crippen LogP contribution in [-0.2, 0) is 9.53 Å². The van der Waals surface area contributed by atoms with Crippen LogP contribution in [0.2, 0.25) is 0 Å². The number of hydrogen-bond acceptors (Lipinski definition) is 2. The van der Waals surface area contributed by atoms with E-state index in [1.165, 1.54) is 0 Å². The van der Waals surface area contributed by atoms with Gasteiger partial charge in [0.2, 0.25) is 0 Å². The van der Waals surface area contributed by atoms with E-state index in [2.05, 4.69) is 0 Å². The maximum Gasteiger partial charge on any atom is 0.294 e. The molecule has 0 saturated heterocycles. The van der Waals surface area contributed by atoms with Crippen LogP contribution in [0.15, 0.2) is 11.8 Å². The fourth-order valence-electron chi connectivity index (χ4n) is 0.827. The number of ketones is 1. The van der Waals surface area contributed by atoms with Gasteiger partial charge >= 0.3 is 0 Å². The number of rotatable bonds is 1. The minimum absolute atomic E-state index is 0.0298. The molecule has 0 aromatic rings. The summed E-state index contributed by atoms with van der Waals surface area (Å²) in [6.07, 6.45) is -1.81. The average Bonchev–Trinajstić information content (AvgIpc) is 1.94. The molecule has 68 valence electrons. The summed E-state index contributed by atoms with van der Waals surface area (Å²) in [6, 6.07) is 0. The predicted molar refractivity (Wildman–Crippen MR) is 38.8 cm³/mol. The molecule has 1 aliphatic rings. The van der Waals surface area contributed by atoms with Gasteiger partial charge in [-0.05, 0) is 13.8 Å². The van der Waals surface area contributed by atoms with Crippen molar-refractivity contribution >= 4 is 5.78 Å². The van der Waals surface area contributed by atoms with Crippen molar-refractivity contribution in [2.45, 2.75) is 20.3 Å². The molecule has 0 aliphatic carbocycles. The first-order chi connectivity index (χ1) is 5.43. The summed E-state index contributed by atoms with van der Waals surface area (Å²) < 4.78 is 28.7. The minimum atomic E-state index is -2.69. The van der Waals surface area contributed by atoms with E-state index in [4.69, 9.17) is 4.74 Å². The highest BCUT2D eigenvalue weighted by Crippen LogP contribution is 2.26. The maximum absolute atomic E-state index is 12.0. The lowest BCUT2D eigenvalue weighted by Gasteiger charge is -2.27.